The number of nitrogens with zero attached hydrogens (tertiary/aromatic N) is 2. The largest absolute Gasteiger partial charge is 0.368 e. The zero-order chi connectivity index (χ0) is 9.10. The van der Waals surface area contributed by atoms with Crippen molar-refractivity contribution in [2.75, 3.05) is 19.7 Å². The van der Waals surface area contributed by atoms with Crippen molar-refractivity contribution in [2.45, 2.75) is 6.10 Å². The van der Waals surface area contributed by atoms with Crippen LogP contribution in [0, 0.1) is 0 Å². The molecule has 5 heteroatoms. The van der Waals surface area contributed by atoms with Gasteiger partial charge in [-0.2, -0.15) is 0 Å². The van der Waals surface area contributed by atoms with Crippen LogP contribution in [0.15, 0.2) is 12.3 Å². The van der Waals surface area contributed by atoms with E-state index in [1.54, 1.807) is 12.3 Å². The second kappa shape index (κ2) is 4.00. The molecule has 13 heavy (non-hydrogen) atoms. The lowest BCUT2D eigenvalue weighted by Gasteiger charge is -2.22. The summed E-state index contributed by atoms with van der Waals surface area (Å²) in [5.74, 6) is 0.653. The fourth-order valence-electron chi connectivity index (χ4n) is 1.24. The van der Waals surface area contributed by atoms with Crippen LogP contribution < -0.4 is 5.32 Å². The average molecular weight is 200 g/mol. The minimum Gasteiger partial charge on any atom is -0.368 e. The van der Waals surface area contributed by atoms with Crippen molar-refractivity contribution < 1.29 is 4.74 Å². The summed E-state index contributed by atoms with van der Waals surface area (Å²) in [7, 11) is 0. The molecule has 1 atom stereocenters. The van der Waals surface area contributed by atoms with Crippen molar-refractivity contribution in [1.29, 1.82) is 0 Å². The average Bonchev–Trinajstić information content (AvgIpc) is 2.19. The van der Waals surface area contributed by atoms with Gasteiger partial charge in [0.25, 0.3) is 0 Å². The molecule has 2 heterocycles. The lowest BCUT2D eigenvalue weighted by molar-refractivity contribution is 0.0221. The number of hydrogen-bond donors (Lipinski definition) is 1. The SMILES string of the molecule is Clc1ccnc(C2CNCCO2)n1. The van der Waals surface area contributed by atoms with Gasteiger partial charge in [0.05, 0.1) is 6.61 Å². The standard InChI is InChI=1S/C8H10ClN3O/c9-7-1-2-11-8(12-7)6-5-10-3-4-13-6/h1-2,6,10H,3-5H2. The molecule has 1 aliphatic heterocycles. The maximum absolute atomic E-state index is 5.74. The Morgan fingerprint density at radius 3 is 3.23 bits per heavy atom. The zero-order valence-corrected chi connectivity index (χ0v) is 7.79. The molecule has 1 aromatic heterocycles. The van der Waals surface area contributed by atoms with E-state index in [4.69, 9.17) is 16.3 Å². The summed E-state index contributed by atoms with van der Waals surface area (Å²) in [6, 6.07) is 1.65. The molecule has 0 bridgehead atoms. The molecule has 2 rings (SSSR count). The smallest absolute Gasteiger partial charge is 0.160 e. The van der Waals surface area contributed by atoms with Crippen LogP contribution in [0.1, 0.15) is 11.9 Å². The van der Waals surface area contributed by atoms with E-state index in [1.165, 1.54) is 0 Å². The van der Waals surface area contributed by atoms with Crippen molar-refractivity contribution in [2.24, 2.45) is 0 Å². The molecule has 1 unspecified atom stereocenters. The maximum Gasteiger partial charge on any atom is 0.160 e. The molecule has 0 aromatic carbocycles. The number of ether oxygens (including phenoxy) is 1. The number of rotatable bonds is 1. The molecule has 0 saturated carbocycles. The molecule has 0 aliphatic carbocycles. The van der Waals surface area contributed by atoms with Crippen LogP contribution in [0.4, 0.5) is 0 Å². The van der Waals surface area contributed by atoms with Crippen LogP contribution in [0.2, 0.25) is 5.15 Å². The van der Waals surface area contributed by atoms with Crippen LogP contribution in [0.3, 0.4) is 0 Å². The molecule has 0 spiro atoms. The number of aromatic nitrogens is 2. The first-order valence-electron chi connectivity index (χ1n) is 4.17. The van der Waals surface area contributed by atoms with Crippen molar-refractivity contribution in [3.63, 3.8) is 0 Å². The molecule has 0 radical (unpaired) electrons. The highest BCUT2D eigenvalue weighted by molar-refractivity contribution is 6.29. The van der Waals surface area contributed by atoms with Gasteiger partial charge in [-0.3, -0.25) is 0 Å². The van der Waals surface area contributed by atoms with Gasteiger partial charge in [0.1, 0.15) is 11.3 Å². The number of morpholine rings is 1. The van der Waals surface area contributed by atoms with E-state index in [0.29, 0.717) is 17.6 Å². The molecule has 0 amide bonds. The number of nitrogens with one attached hydrogen (secondary N) is 1. The Balaban J connectivity index is 2.14. The van der Waals surface area contributed by atoms with Crippen molar-refractivity contribution in [3.8, 4) is 0 Å². The van der Waals surface area contributed by atoms with Gasteiger partial charge in [0.15, 0.2) is 5.82 Å². The first-order chi connectivity index (χ1) is 6.36. The minimum atomic E-state index is -0.0625. The lowest BCUT2D eigenvalue weighted by Crippen LogP contribution is -2.34. The normalized spacial score (nSPS) is 23.0. The van der Waals surface area contributed by atoms with Crippen LogP contribution in [-0.2, 0) is 4.74 Å². The highest BCUT2D eigenvalue weighted by Crippen LogP contribution is 2.15. The van der Waals surface area contributed by atoms with Crippen LogP contribution >= 0.6 is 11.6 Å². The van der Waals surface area contributed by atoms with Gasteiger partial charge in [0.2, 0.25) is 0 Å². The summed E-state index contributed by atoms with van der Waals surface area (Å²) in [4.78, 5) is 8.19. The highest BCUT2D eigenvalue weighted by atomic mass is 35.5. The van der Waals surface area contributed by atoms with E-state index in [9.17, 15) is 0 Å². The van der Waals surface area contributed by atoms with Gasteiger partial charge in [-0.25, -0.2) is 9.97 Å². The van der Waals surface area contributed by atoms with E-state index in [1.807, 2.05) is 0 Å². The van der Waals surface area contributed by atoms with Gasteiger partial charge < -0.3 is 10.1 Å². The second-order valence-electron chi connectivity index (χ2n) is 2.80. The van der Waals surface area contributed by atoms with E-state index in [2.05, 4.69) is 15.3 Å². The van der Waals surface area contributed by atoms with Gasteiger partial charge >= 0.3 is 0 Å². The van der Waals surface area contributed by atoms with Gasteiger partial charge in [-0.1, -0.05) is 11.6 Å². The first-order valence-corrected chi connectivity index (χ1v) is 4.55. The Morgan fingerprint density at radius 1 is 1.62 bits per heavy atom. The fourth-order valence-corrected chi connectivity index (χ4v) is 1.38. The van der Waals surface area contributed by atoms with Gasteiger partial charge in [0, 0.05) is 19.3 Å². The number of halogens is 1. The second-order valence-corrected chi connectivity index (χ2v) is 3.19. The van der Waals surface area contributed by atoms with Crippen molar-refractivity contribution in [1.82, 2.24) is 15.3 Å². The van der Waals surface area contributed by atoms with Crippen LogP contribution in [0.25, 0.3) is 0 Å². The zero-order valence-electron chi connectivity index (χ0n) is 7.03. The van der Waals surface area contributed by atoms with Crippen LogP contribution in [0.5, 0.6) is 0 Å². The molecule has 1 aliphatic rings. The lowest BCUT2D eigenvalue weighted by atomic mass is 10.3. The third-order valence-electron chi connectivity index (χ3n) is 1.86. The Kier molecular flexibility index (Phi) is 2.73. The molecule has 1 saturated heterocycles. The van der Waals surface area contributed by atoms with Crippen LogP contribution in [-0.4, -0.2) is 29.7 Å². The molecular formula is C8H10ClN3O. The van der Waals surface area contributed by atoms with Crippen molar-refractivity contribution in [3.05, 3.63) is 23.2 Å². The highest BCUT2D eigenvalue weighted by Gasteiger charge is 2.18. The maximum atomic E-state index is 5.74. The Hall–Kier alpha value is -0.710. The first kappa shape index (κ1) is 8.87. The number of hydrogen-bond acceptors (Lipinski definition) is 4. The molecule has 1 aromatic rings. The summed E-state index contributed by atoms with van der Waals surface area (Å²) >= 11 is 5.74. The van der Waals surface area contributed by atoms with E-state index in [0.717, 1.165) is 13.1 Å². The molecular weight excluding hydrogens is 190 g/mol. The Bertz CT molecular complexity index is 288. The third-order valence-corrected chi connectivity index (χ3v) is 2.07. The van der Waals surface area contributed by atoms with Gasteiger partial charge in [-0.15, -0.1) is 0 Å². The Labute approximate surface area is 81.3 Å². The summed E-state index contributed by atoms with van der Waals surface area (Å²) in [5, 5.41) is 3.66. The summed E-state index contributed by atoms with van der Waals surface area (Å²) in [6.45, 7) is 2.33. The predicted octanol–water partition coefficient (Wildman–Crippen LogP) is 0.791. The minimum absolute atomic E-state index is 0.0625. The van der Waals surface area contributed by atoms with E-state index < -0.39 is 0 Å². The van der Waals surface area contributed by atoms with Gasteiger partial charge in [-0.05, 0) is 6.07 Å². The Morgan fingerprint density at radius 2 is 2.54 bits per heavy atom. The topological polar surface area (TPSA) is 47.0 Å². The molecule has 70 valence electrons. The summed E-state index contributed by atoms with van der Waals surface area (Å²) in [5.41, 5.74) is 0. The summed E-state index contributed by atoms with van der Waals surface area (Å²) in [6.07, 6.45) is 1.58. The molecule has 4 nitrogen and oxygen atoms in total. The van der Waals surface area contributed by atoms with Crippen molar-refractivity contribution >= 4 is 11.6 Å². The fraction of sp³-hybridized carbons (Fsp3) is 0.500. The third kappa shape index (κ3) is 2.15. The summed E-state index contributed by atoms with van der Waals surface area (Å²) < 4.78 is 5.47. The predicted molar refractivity (Wildman–Crippen MR) is 48.6 cm³/mol. The molecule has 1 N–H and O–H groups in total. The van der Waals surface area contributed by atoms with E-state index >= 15 is 0 Å². The quantitative estimate of drug-likeness (QED) is 0.680. The monoisotopic (exact) mass is 199 g/mol. The van der Waals surface area contributed by atoms with E-state index in [-0.39, 0.29) is 6.10 Å². The molecule has 1 fully saturated rings.